The summed E-state index contributed by atoms with van der Waals surface area (Å²) in [7, 11) is 3.18. The molecule has 0 saturated heterocycles. The van der Waals surface area contributed by atoms with Crippen molar-refractivity contribution in [1.82, 2.24) is 14.0 Å². The van der Waals surface area contributed by atoms with Crippen LogP contribution in [0.2, 0.25) is 0 Å². The van der Waals surface area contributed by atoms with Crippen molar-refractivity contribution in [2.45, 2.75) is 40.3 Å². The van der Waals surface area contributed by atoms with E-state index in [4.69, 9.17) is 14.5 Å². The first-order chi connectivity index (χ1) is 21.3. The summed E-state index contributed by atoms with van der Waals surface area (Å²) in [5.74, 6) is 1.01. The standard InChI is InChI=1S/C35H36N4O4S/c1-7-37(8-2)34(41)31-21(4)36-35-39(32(31)26-20-23(42-5)15-17-29(26)43-6)33(40)30(44-35)19-22-14-16-28-25(18-22)24-12-10-11-13-27(24)38(28)9-3/h10-20,32H,7-9H2,1-6H3/b30-19+/t32-/m1/s1. The van der Waals surface area contributed by atoms with Crippen LogP contribution in [-0.2, 0) is 11.3 Å². The molecule has 0 bridgehead atoms. The Hall–Kier alpha value is -4.63. The first kappa shape index (κ1) is 29.4. The zero-order valence-electron chi connectivity index (χ0n) is 25.9. The molecular weight excluding hydrogens is 572 g/mol. The number of fused-ring (bicyclic) bond motifs is 4. The number of thiazole rings is 1. The van der Waals surface area contributed by atoms with Gasteiger partial charge >= 0.3 is 0 Å². The number of para-hydroxylation sites is 1. The Balaban J connectivity index is 1.58. The van der Waals surface area contributed by atoms with E-state index in [1.807, 2.05) is 32.9 Å². The number of nitrogens with zero attached hydrogens (tertiary/aromatic N) is 4. The molecular formula is C35H36N4O4S. The quantitative estimate of drug-likeness (QED) is 0.241. The number of benzene rings is 3. The van der Waals surface area contributed by atoms with E-state index in [-0.39, 0.29) is 11.5 Å². The summed E-state index contributed by atoms with van der Waals surface area (Å²) in [5.41, 5.74) is 4.76. The Morgan fingerprint density at radius 2 is 1.73 bits per heavy atom. The van der Waals surface area contributed by atoms with Crippen molar-refractivity contribution in [2.24, 2.45) is 4.99 Å². The molecule has 1 amide bonds. The number of allylic oxidation sites excluding steroid dienone is 1. The number of amides is 1. The van der Waals surface area contributed by atoms with Crippen LogP contribution in [-0.4, -0.2) is 47.3 Å². The predicted molar refractivity (Wildman–Crippen MR) is 176 cm³/mol. The highest BCUT2D eigenvalue weighted by Gasteiger charge is 2.36. The minimum atomic E-state index is -0.739. The van der Waals surface area contributed by atoms with E-state index < -0.39 is 6.04 Å². The number of rotatable bonds is 8. The SMILES string of the molecule is CCN(CC)C(=O)C1=C(C)N=c2s/c(=C/c3ccc4c(c3)c3ccccc3n4CC)c(=O)n2[C@@H]1c1cc(OC)ccc1OC. The van der Waals surface area contributed by atoms with Crippen molar-refractivity contribution < 1.29 is 14.3 Å². The molecule has 0 unspecified atom stereocenters. The predicted octanol–water partition coefficient (Wildman–Crippen LogP) is 5.25. The van der Waals surface area contributed by atoms with Crippen LogP contribution in [0, 0.1) is 0 Å². The third-order valence-corrected chi connectivity index (χ3v) is 9.43. The lowest BCUT2D eigenvalue weighted by Gasteiger charge is -2.30. The summed E-state index contributed by atoms with van der Waals surface area (Å²) in [6.07, 6.45) is 1.92. The Morgan fingerprint density at radius 3 is 2.43 bits per heavy atom. The number of methoxy groups -OCH3 is 2. The highest BCUT2D eigenvalue weighted by Crippen LogP contribution is 2.38. The molecule has 0 N–H and O–H groups in total. The summed E-state index contributed by atoms with van der Waals surface area (Å²) in [4.78, 5) is 35.4. The molecule has 0 radical (unpaired) electrons. The van der Waals surface area contributed by atoms with Crippen LogP contribution in [0.3, 0.4) is 0 Å². The molecule has 9 heteroatoms. The maximum absolute atomic E-state index is 14.3. The fourth-order valence-electron chi connectivity index (χ4n) is 6.28. The molecule has 1 aliphatic rings. The molecule has 5 aromatic rings. The Labute approximate surface area is 259 Å². The van der Waals surface area contributed by atoms with E-state index in [2.05, 4.69) is 54.0 Å². The summed E-state index contributed by atoms with van der Waals surface area (Å²) >= 11 is 1.33. The van der Waals surface area contributed by atoms with Gasteiger partial charge in [0.15, 0.2) is 4.80 Å². The topological polar surface area (TPSA) is 78.1 Å². The van der Waals surface area contributed by atoms with E-state index in [9.17, 15) is 9.59 Å². The van der Waals surface area contributed by atoms with Crippen LogP contribution in [0.1, 0.15) is 44.9 Å². The minimum absolute atomic E-state index is 0.154. The van der Waals surface area contributed by atoms with Crippen molar-refractivity contribution in [1.29, 1.82) is 0 Å². The molecule has 0 fully saturated rings. The van der Waals surface area contributed by atoms with Gasteiger partial charge in [0, 0.05) is 47.0 Å². The Morgan fingerprint density at radius 1 is 0.977 bits per heavy atom. The Bertz CT molecular complexity index is 2130. The highest BCUT2D eigenvalue weighted by molar-refractivity contribution is 7.07. The normalized spacial score (nSPS) is 15.0. The molecule has 8 nitrogen and oxygen atoms in total. The van der Waals surface area contributed by atoms with Crippen molar-refractivity contribution >= 4 is 45.1 Å². The molecule has 1 aliphatic heterocycles. The van der Waals surface area contributed by atoms with Gasteiger partial charge in [-0.25, -0.2) is 4.99 Å². The number of ether oxygens (including phenoxy) is 2. The summed E-state index contributed by atoms with van der Waals surface area (Å²) in [6.45, 7) is 9.82. The molecule has 44 heavy (non-hydrogen) atoms. The van der Waals surface area contributed by atoms with Gasteiger partial charge in [0.2, 0.25) is 0 Å². The van der Waals surface area contributed by atoms with Gasteiger partial charge in [-0.1, -0.05) is 35.6 Å². The molecule has 3 heterocycles. The van der Waals surface area contributed by atoms with Crippen LogP contribution in [0.4, 0.5) is 0 Å². The number of carbonyl (C=O) groups is 1. The smallest absolute Gasteiger partial charge is 0.271 e. The van der Waals surface area contributed by atoms with E-state index >= 15 is 0 Å². The second-order valence-electron chi connectivity index (χ2n) is 10.7. The van der Waals surface area contributed by atoms with Crippen molar-refractivity contribution in [3.8, 4) is 11.5 Å². The van der Waals surface area contributed by atoms with Crippen LogP contribution in [0.5, 0.6) is 11.5 Å². The molecule has 0 spiro atoms. The largest absolute Gasteiger partial charge is 0.497 e. The monoisotopic (exact) mass is 608 g/mol. The van der Waals surface area contributed by atoms with Crippen molar-refractivity contribution in [3.05, 3.63) is 103 Å². The lowest BCUT2D eigenvalue weighted by Crippen LogP contribution is -2.43. The molecule has 3 aromatic carbocycles. The van der Waals surface area contributed by atoms with Crippen molar-refractivity contribution in [2.75, 3.05) is 27.3 Å². The van der Waals surface area contributed by atoms with Gasteiger partial charge in [-0.3, -0.25) is 14.2 Å². The van der Waals surface area contributed by atoms with Crippen molar-refractivity contribution in [3.63, 3.8) is 0 Å². The summed E-state index contributed by atoms with van der Waals surface area (Å²) < 4.78 is 15.8. The zero-order valence-corrected chi connectivity index (χ0v) is 26.7. The number of hydrogen-bond acceptors (Lipinski definition) is 6. The molecule has 0 saturated carbocycles. The maximum Gasteiger partial charge on any atom is 0.271 e. The zero-order chi connectivity index (χ0) is 31.1. The summed E-state index contributed by atoms with van der Waals surface area (Å²) in [6, 6.07) is 19.4. The maximum atomic E-state index is 14.3. The van der Waals surface area contributed by atoms with Gasteiger partial charge in [0.05, 0.1) is 30.0 Å². The summed E-state index contributed by atoms with van der Waals surface area (Å²) in [5, 5.41) is 2.33. The van der Waals surface area contributed by atoms with Crippen LogP contribution in [0.25, 0.3) is 27.9 Å². The molecule has 1 atom stereocenters. The van der Waals surface area contributed by atoms with Gasteiger partial charge in [0.25, 0.3) is 11.5 Å². The number of aryl methyl sites for hydroxylation is 1. The fourth-order valence-corrected chi connectivity index (χ4v) is 7.32. The highest BCUT2D eigenvalue weighted by atomic mass is 32.1. The van der Waals surface area contributed by atoms with Gasteiger partial charge in [-0.05, 0) is 75.7 Å². The molecule has 0 aliphatic carbocycles. The first-order valence-corrected chi connectivity index (χ1v) is 15.7. The van der Waals surface area contributed by atoms with Gasteiger partial charge in [0.1, 0.15) is 17.5 Å². The first-order valence-electron chi connectivity index (χ1n) is 14.9. The minimum Gasteiger partial charge on any atom is -0.497 e. The van der Waals surface area contributed by atoms with Gasteiger partial charge in [-0.15, -0.1) is 0 Å². The van der Waals surface area contributed by atoms with E-state index in [1.165, 1.54) is 22.2 Å². The van der Waals surface area contributed by atoms with Crippen LogP contribution in [0.15, 0.2) is 81.7 Å². The second-order valence-corrected chi connectivity index (χ2v) is 11.7. The van der Waals surface area contributed by atoms with Gasteiger partial charge < -0.3 is 18.9 Å². The number of hydrogen-bond donors (Lipinski definition) is 0. The average Bonchev–Trinajstić information content (AvgIpc) is 3.53. The molecule has 6 rings (SSSR count). The van der Waals surface area contributed by atoms with Gasteiger partial charge in [-0.2, -0.15) is 0 Å². The molecule has 2 aromatic heterocycles. The fraction of sp³-hybridized carbons (Fsp3) is 0.286. The number of likely N-dealkylation sites (N-methyl/N-ethyl adjacent to an activating group) is 1. The third-order valence-electron chi connectivity index (χ3n) is 8.44. The Kier molecular flexibility index (Phi) is 7.90. The van der Waals surface area contributed by atoms with Crippen LogP contribution < -0.4 is 24.4 Å². The lowest BCUT2D eigenvalue weighted by atomic mass is 9.93. The van der Waals surface area contributed by atoms with Crippen LogP contribution >= 0.6 is 11.3 Å². The van der Waals surface area contributed by atoms with E-state index in [1.54, 1.807) is 35.8 Å². The second kappa shape index (κ2) is 11.8. The lowest BCUT2D eigenvalue weighted by molar-refractivity contribution is -0.127. The molecule has 226 valence electrons. The number of aromatic nitrogens is 2. The van der Waals surface area contributed by atoms with E-state index in [0.717, 1.165) is 23.0 Å². The number of carbonyl (C=O) groups excluding carboxylic acids is 1. The van der Waals surface area contributed by atoms with E-state index in [0.29, 0.717) is 50.8 Å². The average molecular weight is 609 g/mol. The third kappa shape index (κ3) is 4.72.